The standard InChI is InChI=1S/C10H9N3O2/c1-8(2)9(4-11)6(14)13(3)7(15)10(8,9)5-12/h1-3H3. The van der Waals surface area contributed by atoms with Crippen LogP contribution in [-0.4, -0.2) is 23.8 Å². The summed E-state index contributed by atoms with van der Waals surface area (Å²) in [5.74, 6) is -1.11. The van der Waals surface area contributed by atoms with Gasteiger partial charge in [-0.05, 0) is 0 Å². The molecule has 76 valence electrons. The van der Waals surface area contributed by atoms with Gasteiger partial charge in [-0.3, -0.25) is 14.5 Å². The Bertz CT molecular complexity index is 440. The Hall–Kier alpha value is -1.88. The van der Waals surface area contributed by atoms with E-state index in [1.807, 2.05) is 12.1 Å². The molecule has 0 aromatic heterocycles. The minimum Gasteiger partial charge on any atom is -0.283 e. The van der Waals surface area contributed by atoms with Gasteiger partial charge in [-0.1, -0.05) is 13.8 Å². The third kappa shape index (κ3) is 0.514. The zero-order valence-corrected chi connectivity index (χ0v) is 8.66. The molecular formula is C10H9N3O2. The lowest BCUT2D eigenvalue weighted by Crippen LogP contribution is -2.37. The van der Waals surface area contributed by atoms with Crippen molar-refractivity contribution in [1.29, 1.82) is 10.5 Å². The van der Waals surface area contributed by atoms with E-state index in [9.17, 15) is 9.59 Å². The molecule has 1 aliphatic carbocycles. The van der Waals surface area contributed by atoms with E-state index in [2.05, 4.69) is 0 Å². The summed E-state index contributed by atoms with van der Waals surface area (Å²) in [6.07, 6.45) is 0. The van der Waals surface area contributed by atoms with E-state index in [4.69, 9.17) is 10.5 Å². The highest BCUT2D eigenvalue weighted by Crippen LogP contribution is 2.81. The smallest absolute Gasteiger partial charge is 0.252 e. The summed E-state index contributed by atoms with van der Waals surface area (Å²) < 4.78 is 0. The molecule has 5 nitrogen and oxygen atoms in total. The van der Waals surface area contributed by atoms with Gasteiger partial charge < -0.3 is 0 Å². The van der Waals surface area contributed by atoms with Crippen LogP contribution in [0.4, 0.5) is 0 Å². The maximum Gasteiger partial charge on any atom is 0.252 e. The van der Waals surface area contributed by atoms with E-state index in [1.165, 1.54) is 7.05 Å². The minimum absolute atomic E-state index is 0.554. The van der Waals surface area contributed by atoms with Gasteiger partial charge in [0.2, 0.25) is 0 Å². The first kappa shape index (κ1) is 9.67. The topological polar surface area (TPSA) is 85.0 Å². The molecule has 2 unspecified atom stereocenters. The van der Waals surface area contributed by atoms with Crippen molar-refractivity contribution < 1.29 is 9.59 Å². The SMILES string of the molecule is CN1C(=O)C2(C#N)C(C)(C)C2(C#N)C1=O. The molecule has 1 saturated heterocycles. The average Bonchev–Trinajstić information content (AvgIpc) is 2.58. The first-order chi connectivity index (χ1) is 6.85. The molecule has 2 aliphatic rings. The second-order valence-corrected chi connectivity index (χ2v) is 4.52. The Labute approximate surface area is 86.9 Å². The molecule has 0 N–H and O–H groups in total. The summed E-state index contributed by atoms with van der Waals surface area (Å²) >= 11 is 0. The van der Waals surface area contributed by atoms with Crippen LogP contribution in [0.25, 0.3) is 0 Å². The molecule has 1 saturated carbocycles. The molecule has 0 aromatic rings. The monoisotopic (exact) mass is 203 g/mol. The Morgan fingerprint density at radius 3 is 1.67 bits per heavy atom. The number of likely N-dealkylation sites (tertiary alicyclic amines) is 1. The first-order valence-corrected chi connectivity index (χ1v) is 4.50. The van der Waals surface area contributed by atoms with E-state index < -0.39 is 28.1 Å². The first-order valence-electron chi connectivity index (χ1n) is 4.50. The third-order valence-corrected chi connectivity index (χ3v) is 3.96. The lowest BCUT2D eigenvalue weighted by atomic mass is 9.95. The summed E-state index contributed by atoms with van der Waals surface area (Å²) in [6.45, 7) is 3.23. The second-order valence-electron chi connectivity index (χ2n) is 4.52. The van der Waals surface area contributed by atoms with Gasteiger partial charge in [-0.15, -0.1) is 0 Å². The summed E-state index contributed by atoms with van der Waals surface area (Å²) in [5.41, 5.74) is -3.83. The van der Waals surface area contributed by atoms with E-state index in [1.54, 1.807) is 13.8 Å². The van der Waals surface area contributed by atoms with Crippen molar-refractivity contribution in [2.75, 3.05) is 7.05 Å². The van der Waals surface area contributed by atoms with Gasteiger partial charge in [0.05, 0.1) is 12.1 Å². The van der Waals surface area contributed by atoms with Crippen LogP contribution in [0.5, 0.6) is 0 Å². The zero-order chi connectivity index (χ0) is 11.6. The van der Waals surface area contributed by atoms with Gasteiger partial charge in [-0.2, -0.15) is 10.5 Å². The minimum atomic E-state index is -1.47. The molecule has 1 aliphatic heterocycles. The van der Waals surface area contributed by atoms with Crippen molar-refractivity contribution in [1.82, 2.24) is 4.90 Å². The molecule has 2 amide bonds. The number of rotatable bonds is 0. The molecule has 0 radical (unpaired) electrons. The molecule has 0 bridgehead atoms. The largest absolute Gasteiger partial charge is 0.283 e. The van der Waals surface area contributed by atoms with Crippen molar-refractivity contribution in [3.05, 3.63) is 0 Å². The summed E-state index contributed by atoms with van der Waals surface area (Å²) in [7, 11) is 1.31. The van der Waals surface area contributed by atoms with Crippen LogP contribution in [0.1, 0.15) is 13.8 Å². The predicted octanol–water partition coefficient (Wildman–Crippen LogP) is 0.0448. The van der Waals surface area contributed by atoms with Crippen LogP contribution < -0.4 is 0 Å². The van der Waals surface area contributed by atoms with E-state index in [0.717, 1.165) is 4.90 Å². The fourth-order valence-electron chi connectivity index (χ4n) is 2.87. The van der Waals surface area contributed by atoms with Crippen molar-refractivity contribution in [2.24, 2.45) is 16.2 Å². The van der Waals surface area contributed by atoms with Gasteiger partial charge in [0.1, 0.15) is 0 Å². The molecule has 2 atom stereocenters. The van der Waals surface area contributed by atoms with E-state index >= 15 is 0 Å². The molecule has 0 spiro atoms. The number of nitrogens with zero attached hydrogens (tertiary/aromatic N) is 3. The van der Waals surface area contributed by atoms with Crippen LogP contribution in [0.2, 0.25) is 0 Å². The Kier molecular flexibility index (Phi) is 1.31. The molecule has 5 heteroatoms. The fourth-order valence-corrected chi connectivity index (χ4v) is 2.87. The van der Waals surface area contributed by atoms with Gasteiger partial charge >= 0.3 is 0 Å². The van der Waals surface area contributed by atoms with E-state index in [-0.39, 0.29) is 0 Å². The highest BCUT2D eigenvalue weighted by molar-refractivity contribution is 6.19. The number of amides is 2. The van der Waals surface area contributed by atoms with Crippen LogP contribution in [0, 0.1) is 38.9 Å². The fraction of sp³-hybridized carbons (Fsp3) is 0.600. The highest BCUT2D eigenvalue weighted by atomic mass is 16.2. The number of fused-ring (bicyclic) bond motifs is 1. The Morgan fingerprint density at radius 2 is 1.40 bits per heavy atom. The number of carbonyl (C=O) groups excluding carboxylic acids is 2. The lowest BCUT2D eigenvalue weighted by Gasteiger charge is -2.18. The number of hydrogen-bond acceptors (Lipinski definition) is 4. The maximum absolute atomic E-state index is 11.8. The van der Waals surface area contributed by atoms with Crippen LogP contribution >= 0.6 is 0 Å². The molecule has 1 heterocycles. The Balaban J connectivity index is 2.76. The predicted molar refractivity (Wildman–Crippen MR) is 47.7 cm³/mol. The number of imide groups is 1. The highest BCUT2D eigenvalue weighted by Gasteiger charge is 2.96. The van der Waals surface area contributed by atoms with Gasteiger partial charge in [-0.25, -0.2) is 0 Å². The van der Waals surface area contributed by atoms with Gasteiger partial charge in [0.15, 0.2) is 10.8 Å². The van der Waals surface area contributed by atoms with Crippen molar-refractivity contribution in [3.8, 4) is 12.1 Å². The molecular weight excluding hydrogens is 194 g/mol. The third-order valence-electron chi connectivity index (χ3n) is 3.96. The number of nitriles is 2. The maximum atomic E-state index is 11.8. The van der Waals surface area contributed by atoms with Crippen LogP contribution in [-0.2, 0) is 9.59 Å². The van der Waals surface area contributed by atoms with Crippen molar-refractivity contribution in [2.45, 2.75) is 13.8 Å². The van der Waals surface area contributed by atoms with Gasteiger partial charge in [0.25, 0.3) is 11.8 Å². The number of piperidine rings is 1. The normalized spacial score (nSPS) is 40.7. The van der Waals surface area contributed by atoms with Crippen LogP contribution in [0.3, 0.4) is 0 Å². The van der Waals surface area contributed by atoms with Crippen molar-refractivity contribution in [3.63, 3.8) is 0 Å². The number of carbonyl (C=O) groups is 2. The lowest BCUT2D eigenvalue weighted by molar-refractivity contribution is -0.143. The zero-order valence-electron chi connectivity index (χ0n) is 8.66. The average molecular weight is 203 g/mol. The summed E-state index contributed by atoms with van der Waals surface area (Å²) in [5, 5.41) is 18.2. The van der Waals surface area contributed by atoms with E-state index in [0.29, 0.717) is 0 Å². The number of hydrogen-bond donors (Lipinski definition) is 0. The summed E-state index contributed by atoms with van der Waals surface area (Å²) in [4.78, 5) is 24.5. The second kappa shape index (κ2) is 2.04. The molecule has 15 heavy (non-hydrogen) atoms. The molecule has 2 fully saturated rings. The van der Waals surface area contributed by atoms with Crippen LogP contribution in [0.15, 0.2) is 0 Å². The molecule has 0 aromatic carbocycles. The quantitative estimate of drug-likeness (QED) is 0.520. The Morgan fingerprint density at radius 1 is 1.07 bits per heavy atom. The molecule has 2 rings (SSSR count). The van der Waals surface area contributed by atoms with Gasteiger partial charge in [0, 0.05) is 12.5 Å². The summed E-state index contributed by atoms with van der Waals surface area (Å²) in [6, 6.07) is 3.74. The van der Waals surface area contributed by atoms with Crippen molar-refractivity contribution >= 4 is 11.8 Å².